The lowest BCUT2D eigenvalue weighted by Crippen LogP contribution is -2.45. The van der Waals surface area contributed by atoms with Crippen molar-refractivity contribution in [2.75, 3.05) is 6.54 Å². The monoisotopic (exact) mass is 319 g/mol. The van der Waals surface area contributed by atoms with E-state index < -0.39 is 6.04 Å². The standard InChI is InChI=1S/C16H25N5O2/c22-15-13(8-4-5-9-17-15)18-16(23)14-11-21(20-19-14)10-12-6-2-1-3-7-12/h11-13H,1-10H2,(H,17,22)(H,18,23)/t13-/m0/s1. The van der Waals surface area contributed by atoms with Crippen LogP contribution in [0.5, 0.6) is 0 Å². The summed E-state index contributed by atoms with van der Waals surface area (Å²) in [5.41, 5.74) is 0.290. The summed E-state index contributed by atoms with van der Waals surface area (Å²) in [4.78, 5) is 24.2. The summed E-state index contributed by atoms with van der Waals surface area (Å²) in [7, 11) is 0. The lowest BCUT2D eigenvalue weighted by molar-refractivity contribution is -0.122. The highest BCUT2D eigenvalue weighted by atomic mass is 16.2. The second-order valence-corrected chi connectivity index (χ2v) is 6.64. The first kappa shape index (κ1) is 16.0. The van der Waals surface area contributed by atoms with E-state index in [0.717, 1.165) is 19.4 Å². The van der Waals surface area contributed by atoms with Crippen LogP contribution in [0.2, 0.25) is 0 Å². The van der Waals surface area contributed by atoms with E-state index in [2.05, 4.69) is 20.9 Å². The Hall–Kier alpha value is -1.92. The van der Waals surface area contributed by atoms with E-state index in [1.54, 1.807) is 10.9 Å². The van der Waals surface area contributed by atoms with Crippen molar-refractivity contribution < 1.29 is 9.59 Å². The Morgan fingerprint density at radius 2 is 2.00 bits per heavy atom. The van der Waals surface area contributed by atoms with Gasteiger partial charge in [0, 0.05) is 13.1 Å². The van der Waals surface area contributed by atoms with Crippen LogP contribution in [0.4, 0.5) is 0 Å². The third kappa shape index (κ3) is 4.30. The maximum absolute atomic E-state index is 12.3. The topological polar surface area (TPSA) is 88.9 Å². The molecule has 3 rings (SSSR count). The van der Waals surface area contributed by atoms with E-state index in [4.69, 9.17) is 0 Å². The minimum atomic E-state index is -0.464. The van der Waals surface area contributed by atoms with Crippen molar-refractivity contribution in [2.45, 2.75) is 64.0 Å². The van der Waals surface area contributed by atoms with Gasteiger partial charge in [0.05, 0.1) is 6.20 Å². The number of amides is 2. The Bertz CT molecular complexity index is 550. The van der Waals surface area contributed by atoms with Crippen LogP contribution in [0, 0.1) is 5.92 Å². The molecule has 0 spiro atoms. The summed E-state index contributed by atoms with van der Waals surface area (Å²) in [6, 6.07) is -0.464. The van der Waals surface area contributed by atoms with Crippen LogP contribution < -0.4 is 10.6 Å². The summed E-state index contributed by atoms with van der Waals surface area (Å²) in [5, 5.41) is 13.6. The van der Waals surface area contributed by atoms with Crippen LogP contribution in [0.3, 0.4) is 0 Å². The van der Waals surface area contributed by atoms with Crippen LogP contribution in [-0.2, 0) is 11.3 Å². The van der Waals surface area contributed by atoms with Crippen LogP contribution in [0.15, 0.2) is 6.20 Å². The van der Waals surface area contributed by atoms with Crippen LogP contribution >= 0.6 is 0 Å². The van der Waals surface area contributed by atoms with E-state index >= 15 is 0 Å². The number of carbonyl (C=O) groups is 2. The number of hydrogen-bond acceptors (Lipinski definition) is 4. The zero-order chi connectivity index (χ0) is 16.1. The Morgan fingerprint density at radius 1 is 1.22 bits per heavy atom. The second-order valence-electron chi connectivity index (χ2n) is 6.64. The molecule has 1 atom stereocenters. The third-order valence-corrected chi connectivity index (χ3v) is 4.78. The highest BCUT2D eigenvalue weighted by molar-refractivity contribution is 5.95. The van der Waals surface area contributed by atoms with Crippen LogP contribution in [0.25, 0.3) is 0 Å². The number of nitrogens with zero attached hydrogens (tertiary/aromatic N) is 3. The van der Waals surface area contributed by atoms with Gasteiger partial charge in [0.1, 0.15) is 6.04 Å². The molecule has 2 amide bonds. The second kappa shape index (κ2) is 7.57. The molecule has 7 nitrogen and oxygen atoms in total. The molecule has 1 saturated carbocycles. The van der Waals surface area contributed by atoms with E-state index in [9.17, 15) is 9.59 Å². The van der Waals surface area contributed by atoms with Crippen LogP contribution in [-0.4, -0.2) is 39.4 Å². The van der Waals surface area contributed by atoms with Crippen molar-refractivity contribution in [3.63, 3.8) is 0 Å². The molecule has 0 unspecified atom stereocenters. The number of hydrogen-bond donors (Lipinski definition) is 2. The van der Waals surface area contributed by atoms with Crippen LogP contribution in [0.1, 0.15) is 61.9 Å². The lowest BCUT2D eigenvalue weighted by atomic mass is 9.89. The van der Waals surface area contributed by atoms with Gasteiger partial charge in [-0.05, 0) is 38.0 Å². The number of carbonyl (C=O) groups excluding carboxylic acids is 2. The van der Waals surface area contributed by atoms with Gasteiger partial charge in [0.2, 0.25) is 5.91 Å². The molecular weight excluding hydrogens is 294 g/mol. The number of nitrogens with one attached hydrogen (secondary N) is 2. The average molecular weight is 319 g/mol. The van der Waals surface area contributed by atoms with Gasteiger partial charge in [0.25, 0.3) is 5.91 Å². The Balaban J connectivity index is 1.56. The normalized spacial score (nSPS) is 23.1. The van der Waals surface area contributed by atoms with Gasteiger partial charge in [-0.1, -0.05) is 24.5 Å². The number of aromatic nitrogens is 3. The molecule has 2 fully saturated rings. The van der Waals surface area contributed by atoms with E-state index in [1.165, 1.54) is 32.1 Å². The molecule has 1 aliphatic heterocycles. The van der Waals surface area contributed by atoms with Crippen molar-refractivity contribution >= 4 is 11.8 Å². The van der Waals surface area contributed by atoms with Gasteiger partial charge in [-0.3, -0.25) is 14.3 Å². The van der Waals surface area contributed by atoms with Gasteiger partial charge in [-0.15, -0.1) is 5.10 Å². The molecule has 2 heterocycles. The molecule has 2 aliphatic rings. The molecule has 0 aromatic carbocycles. The predicted molar refractivity (Wildman–Crippen MR) is 84.7 cm³/mol. The van der Waals surface area contributed by atoms with E-state index in [1.807, 2.05) is 0 Å². The fourth-order valence-corrected chi connectivity index (χ4v) is 3.44. The van der Waals surface area contributed by atoms with Crippen molar-refractivity contribution in [1.29, 1.82) is 0 Å². The zero-order valence-corrected chi connectivity index (χ0v) is 13.5. The quantitative estimate of drug-likeness (QED) is 0.874. The molecule has 126 valence electrons. The first-order chi connectivity index (χ1) is 11.2. The minimum Gasteiger partial charge on any atom is -0.354 e. The maximum atomic E-state index is 12.3. The first-order valence-electron chi connectivity index (χ1n) is 8.71. The molecule has 23 heavy (non-hydrogen) atoms. The summed E-state index contributed by atoms with van der Waals surface area (Å²) < 4.78 is 1.76. The minimum absolute atomic E-state index is 0.106. The molecule has 2 N–H and O–H groups in total. The Morgan fingerprint density at radius 3 is 2.83 bits per heavy atom. The van der Waals surface area contributed by atoms with Gasteiger partial charge >= 0.3 is 0 Å². The Kier molecular flexibility index (Phi) is 5.25. The summed E-state index contributed by atoms with van der Waals surface area (Å²) in [6.45, 7) is 1.51. The van der Waals surface area contributed by atoms with Gasteiger partial charge in [-0.2, -0.15) is 0 Å². The molecule has 1 aliphatic carbocycles. The summed E-state index contributed by atoms with van der Waals surface area (Å²) >= 11 is 0. The van der Waals surface area contributed by atoms with E-state index in [0.29, 0.717) is 18.9 Å². The van der Waals surface area contributed by atoms with Crippen molar-refractivity contribution in [3.8, 4) is 0 Å². The molecule has 0 radical (unpaired) electrons. The molecule has 1 aromatic heterocycles. The van der Waals surface area contributed by atoms with Gasteiger partial charge in [0.15, 0.2) is 5.69 Å². The summed E-state index contributed by atoms with van der Waals surface area (Å²) in [6.07, 6.45) is 10.6. The zero-order valence-electron chi connectivity index (χ0n) is 13.5. The van der Waals surface area contributed by atoms with Gasteiger partial charge in [-0.25, -0.2) is 0 Å². The van der Waals surface area contributed by atoms with Gasteiger partial charge < -0.3 is 10.6 Å². The Labute approximate surface area is 136 Å². The predicted octanol–water partition coefficient (Wildman–Crippen LogP) is 1.26. The fraction of sp³-hybridized carbons (Fsp3) is 0.750. The third-order valence-electron chi connectivity index (χ3n) is 4.78. The molecular formula is C16H25N5O2. The van der Waals surface area contributed by atoms with Crippen molar-refractivity contribution in [3.05, 3.63) is 11.9 Å². The highest BCUT2D eigenvalue weighted by Gasteiger charge is 2.24. The van der Waals surface area contributed by atoms with Crippen molar-refractivity contribution in [1.82, 2.24) is 25.6 Å². The highest BCUT2D eigenvalue weighted by Crippen LogP contribution is 2.24. The largest absolute Gasteiger partial charge is 0.354 e. The first-order valence-corrected chi connectivity index (χ1v) is 8.71. The number of rotatable bonds is 4. The SMILES string of the molecule is O=C(N[C@H]1CCCCNC1=O)c1cn(CC2CCCCC2)nn1. The molecule has 1 aromatic rings. The molecule has 1 saturated heterocycles. The van der Waals surface area contributed by atoms with Crippen molar-refractivity contribution in [2.24, 2.45) is 5.92 Å². The lowest BCUT2D eigenvalue weighted by Gasteiger charge is -2.20. The smallest absolute Gasteiger partial charge is 0.274 e. The average Bonchev–Trinajstić information content (AvgIpc) is 2.93. The maximum Gasteiger partial charge on any atom is 0.274 e. The summed E-state index contributed by atoms with van der Waals surface area (Å²) in [5.74, 6) is 0.210. The molecule has 7 heteroatoms. The fourth-order valence-electron chi connectivity index (χ4n) is 3.44. The van der Waals surface area contributed by atoms with E-state index in [-0.39, 0.29) is 17.5 Å². The molecule has 0 bridgehead atoms.